The van der Waals surface area contributed by atoms with Gasteiger partial charge in [-0.05, 0) is 43.2 Å². The Kier molecular flexibility index (Phi) is 6.37. The second-order valence-electron chi connectivity index (χ2n) is 6.14. The van der Waals surface area contributed by atoms with Gasteiger partial charge < -0.3 is 4.74 Å². The normalized spacial score (nSPS) is 18.5. The molecule has 0 aromatic heterocycles. The molecule has 1 aliphatic heterocycles. The lowest BCUT2D eigenvalue weighted by molar-refractivity contribution is -0.0626. The third kappa shape index (κ3) is 5.05. The minimum Gasteiger partial charge on any atom is -0.381 e. The van der Waals surface area contributed by atoms with E-state index >= 15 is 0 Å². The number of benzene rings is 1. The van der Waals surface area contributed by atoms with E-state index < -0.39 is 10.0 Å². The molecule has 1 aromatic rings. The van der Waals surface area contributed by atoms with Gasteiger partial charge in [-0.1, -0.05) is 36.9 Å². The van der Waals surface area contributed by atoms with Crippen molar-refractivity contribution in [3.05, 3.63) is 30.3 Å². The molecule has 0 amide bonds. The van der Waals surface area contributed by atoms with E-state index in [1.165, 1.54) is 0 Å². The summed E-state index contributed by atoms with van der Waals surface area (Å²) in [4.78, 5) is 8.14. The highest BCUT2D eigenvalue weighted by Gasteiger charge is 2.27. The molecule has 22 heavy (non-hydrogen) atoms. The highest BCUT2D eigenvalue weighted by Crippen LogP contribution is 2.25. The van der Waals surface area contributed by atoms with Crippen LogP contribution in [0.3, 0.4) is 0 Å². The summed E-state index contributed by atoms with van der Waals surface area (Å²) >= 11 is 0. The Hall–Kier alpha value is -0.950. The molecule has 1 aromatic carbocycles. The first-order chi connectivity index (χ1) is 10.5. The number of rotatable bonds is 7. The van der Waals surface area contributed by atoms with E-state index in [0.717, 1.165) is 19.3 Å². The molecule has 0 radical (unpaired) electrons. The minimum atomic E-state index is -3.63. The van der Waals surface area contributed by atoms with Gasteiger partial charge in [0.1, 0.15) is 0 Å². The second kappa shape index (κ2) is 8.06. The van der Waals surface area contributed by atoms with Gasteiger partial charge in [0.15, 0.2) is 0 Å². The van der Waals surface area contributed by atoms with Crippen LogP contribution >= 0.6 is 0 Å². The van der Waals surface area contributed by atoms with Gasteiger partial charge in [0.25, 0.3) is 10.0 Å². The molecule has 2 rings (SSSR count). The summed E-state index contributed by atoms with van der Waals surface area (Å²) in [6.07, 6.45) is 2.51. The Labute approximate surface area is 133 Å². The van der Waals surface area contributed by atoms with Crippen LogP contribution in [0.1, 0.15) is 33.1 Å². The Balaban J connectivity index is 2.01. The van der Waals surface area contributed by atoms with Crippen LogP contribution in [0, 0.1) is 11.8 Å². The minimum absolute atomic E-state index is 0.123. The summed E-state index contributed by atoms with van der Waals surface area (Å²) in [5.41, 5.74) is 0. The molecule has 1 heterocycles. The first-order valence-electron chi connectivity index (χ1n) is 7.79. The van der Waals surface area contributed by atoms with Gasteiger partial charge in [-0.25, -0.2) is 8.42 Å². The fourth-order valence-electron chi connectivity index (χ4n) is 2.66. The van der Waals surface area contributed by atoms with Gasteiger partial charge in [0.05, 0.1) is 11.0 Å². The second-order valence-corrected chi connectivity index (χ2v) is 7.78. The topological polar surface area (TPSA) is 64.6 Å². The summed E-state index contributed by atoms with van der Waals surface area (Å²) in [6.45, 7) is 5.66. The van der Waals surface area contributed by atoms with E-state index in [2.05, 4.69) is 18.7 Å². The maximum Gasteiger partial charge on any atom is 0.262 e. The number of sulfonamides is 1. The van der Waals surface area contributed by atoms with Gasteiger partial charge in [-0.2, -0.15) is 0 Å². The van der Waals surface area contributed by atoms with E-state index in [0.29, 0.717) is 25.0 Å². The van der Waals surface area contributed by atoms with Crippen LogP contribution in [0.15, 0.2) is 35.2 Å². The van der Waals surface area contributed by atoms with Crippen molar-refractivity contribution >= 4 is 10.0 Å². The molecule has 0 bridgehead atoms. The lowest BCUT2D eigenvalue weighted by Crippen LogP contribution is -2.37. The monoisotopic (exact) mass is 327 g/mol. The lowest BCUT2D eigenvalue weighted by atomic mass is 9.89. The van der Waals surface area contributed by atoms with Crippen molar-refractivity contribution < 1.29 is 18.0 Å². The van der Waals surface area contributed by atoms with Crippen LogP contribution < -0.4 is 4.89 Å². The van der Waals surface area contributed by atoms with Gasteiger partial charge >= 0.3 is 0 Å². The van der Waals surface area contributed by atoms with E-state index in [4.69, 9.17) is 9.57 Å². The van der Waals surface area contributed by atoms with Crippen LogP contribution in [0.4, 0.5) is 0 Å². The molecule has 1 fully saturated rings. The number of hydrogen-bond donors (Lipinski definition) is 1. The smallest absolute Gasteiger partial charge is 0.262 e. The van der Waals surface area contributed by atoms with Gasteiger partial charge in [-0.3, -0.25) is 4.84 Å². The Morgan fingerprint density at radius 1 is 1.23 bits per heavy atom. The molecule has 1 atom stereocenters. The molecule has 1 N–H and O–H groups in total. The van der Waals surface area contributed by atoms with Crippen LogP contribution in [-0.2, 0) is 19.6 Å². The van der Waals surface area contributed by atoms with Crippen molar-refractivity contribution in [3.8, 4) is 0 Å². The number of ether oxygens (including phenoxy) is 1. The largest absolute Gasteiger partial charge is 0.381 e. The first kappa shape index (κ1) is 17.4. The highest BCUT2D eigenvalue weighted by molar-refractivity contribution is 7.89. The van der Waals surface area contributed by atoms with E-state index in [1.54, 1.807) is 30.3 Å². The third-order valence-corrected chi connectivity index (χ3v) is 5.07. The van der Waals surface area contributed by atoms with Crippen molar-refractivity contribution in [2.75, 3.05) is 13.2 Å². The van der Waals surface area contributed by atoms with Crippen molar-refractivity contribution in [1.29, 1.82) is 0 Å². The third-order valence-electron chi connectivity index (χ3n) is 3.86. The van der Waals surface area contributed by atoms with Crippen molar-refractivity contribution in [2.45, 2.75) is 44.1 Å². The fourth-order valence-corrected chi connectivity index (χ4v) is 3.52. The quantitative estimate of drug-likeness (QED) is 0.782. The summed E-state index contributed by atoms with van der Waals surface area (Å²) in [7, 11) is -3.63. The molecule has 0 spiro atoms. The molecular formula is C16H25NO4S. The van der Waals surface area contributed by atoms with Crippen LogP contribution in [0.2, 0.25) is 0 Å². The van der Waals surface area contributed by atoms with Crippen LogP contribution in [0.5, 0.6) is 0 Å². The van der Waals surface area contributed by atoms with Crippen molar-refractivity contribution in [1.82, 2.24) is 4.89 Å². The summed E-state index contributed by atoms with van der Waals surface area (Å²) in [6, 6.07) is 8.27. The summed E-state index contributed by atoms with van der Waals surface area (Å²) in [5.74, 6) is 0.767. The van der Waals surface area contributed by atoms with E-state index in [1.807, 2.05) is 0 Å². The van der Waals surface area contributed by atoms with Crippen LogP contribution in [0.25, 0.3) is 0 Å². The van der Waals surface area contributed by atoms with Crippen molar-refractivity contribution in [2.24, 2.45) is 11.8 Å². The molecule has 1 aliphatic rings. The zero-order chi connectivity index (χ0) is 16.0. The Bertz CT molecular complexity index is 539. The number of hydrogen-bond acceptors (Lipinski definition) is 4. The van der Waals surface area contributed by atoms with Gasteiger partial charge in [0.2, 0.25) is 0 Å². The maximum absolute atomic E-state index is 12.2. The Morgan fingerprint density at radius 2 is 1.86 bits per heavy atom. The SMILES string of the molecule is CC(C)CC(ONS(=O)(=O)c1ccccc1)C1CCOCC1. The van der Waals surface area contributed by atoms with Crippen LogP contribution in [-0.4, -0.2) is 27.7 Å². The predicted molar refractivity (Wildman–Crippen MR) is 84.6 cm³/mol. The molecular weight excluding hydrogens is 302 g/mol. The standard InChI is InChI=1S/C16H25NO4S/c1-13(2)12-16(14-8-10-20-11-9-14)21-17-22(18,19)15-6-4-3-5-7-15/h3-7,13-14,16-17H,8-12H2,1-2H3. The zero-order valence-corrected chi connectivity index (χ0v) is 14.0. The fraction of sp³-hybridized carbons (Fsp3) is 0.625. The predicted octanol–water partition coefficient (Wildman–Crippen LogP) is 2.74. The highest BCUT2D eigenvalue weighted by atomic mass is 32.2. The van der Waals surface area contributed by atoms with E-state index in [-0.39, 0.29) is 11.0 Å². The number of nitrogens with one attached hydrogen (secondary N) is 1. The molecule has 1 unspecified atom stereocenters. The van der Waals surface area contributed by atoms with Crippen molar-refractivity contribution in [3.63, 3.8) is 0 Å². The molecule has 5 nitrogen and oxygen atoms in total. The van der Waals surface area contributed by atoms with Gasteiger partial charge in [0, 0.05) is 13.2 Å². The van der Waals surface area contributed by atoms with E-state index in [9.17, 15) is 8.42 Å². The molecule has 0 saturated carbocycles. The summed E-state index contributed by atoms with van der Waals surface area (Å²) < 4.78 is 29.9. The summed E-state index contributed by atoms with van der Waals surface area (Å²) in [5, 5.41) is 0. The average Bonchev–Trinajstić information content (AvgIpc) is 2.53. The molecule has 6 heteroatoms. The maximum atomic E-state index is 12.2. The lowest BCUT2D eigenvalue weighted by Gasteiger charge is -2.30. The molecule has 1 saturated heterocycles. The molecule has 0 aliphatic carbocycles. The van der Waals surface area contributed by atoms with Gasteiger partial charge in [-0.15, -0.1) is 0 Å². The first-order valence-corrected chi connectivity index (χ1v) is 9.27. The Morgan fingerprint density at radius 3 is 2.45 bits per heavy atom. The zero-order valence-electron chi connectivity index (χ0n) is 13.2. The molecule has 124 valence electrons. The average molecular weight is 327 g/mol.